The molecule has 5 heteroatoms. The summed E-state index contributed by atoms with van der Waals surface area (Å²) >= 11 is 0. The highest BCUT2D eigenvalue weighted by molar-refractivity contribution is 5.90. The molecule has 5 nitrogen and oxygen atoms in total. The molecule has 94 valence electrons. The van der Waals surface area contributed by atoms with Crippen molar-refractivity contribution in [3.05, 3.63) is 11.6 Å². The van der Waals surface area contributed by atoms with Crippen LogP contribution >= 0.6 is 0 Å². The van der Waals surface area contributed by atoms with Gasteiger partial charge in [-0.1, -0.05) is 20.8 Å². The van der Waals surface area contributed by atoms with Crippen LogP contribution < -0.4 is 5.32 Å². The lowest BCUT2D eigenvalue weighted by molar-refractivity contribution is 0.0914. The van der Waals surface area contributed by atoms with E-state index in [1.54, 1.807) is 0 Å². The molecule has 0 aromatic carbocycles. The zero-order valence-corrected chi connectivity index (χ0v) is 10.7. The Labute approximate surface area is 101 Å². The molecule has 0 aliphatic heterocycles. The summed E-state index contributed by atoms with van der Waals surface area (Å²) in [5.41, 5.74) is 0. The minimum atomic E-state index is -0.173. The fraction of sp³-hybridized carbons (Fsp3) is 0.750. The summed E-state index contributed by atoms with van der Waals surface area (Å²) in [5.74, 6) is 1.87. The lowest BCUT2D eigenvalue weighted by Gasteiger charge is -2.19. The van der Waals surface area contributed by atoms with E-state index >= 15 is 0 Å². The molecular weight excluding hydrogens is 216 g/mol. The monoisotopic (exact) mass is 236 g/mol. The van der Waals surface area contributed by atoms with Crippen molar-refractivity contribution >= 4 is 5.91 Å². The zero-order chi connectivity index (χ0) is 12.4. The SMILES string of the molecule is CCC(NC(=O)c1n[nH]c(C2CC2)n1)C(C)C. The standard InChI is InChI=1S/C12H20N4O/c1-4-9(7(2)3)13-12(17)11-14-10(15-16-11)8-5-6-8/h7-9H,4-6H2,1-3H3,(H,13,17)(H,14,15,16). The first-order valence-corrected chi connectivity index (χ1v) is 6.35. The highest BCUT2D eigenvalue weighted by Gasteiger charge is 2.28. The molecule has 0 bridgehead atoms. The topological polar surface area (TPSA) is 70.7 Å². The molecule has 2 N–H and O–H groups in total. The van der Waals surface area contributed by atoms with Gasteiger partial charge in [-0.15, -0.1) is 5.10 Å². The second-order valence-electron chi connectivity index (χ2n) is 5.05. The molecule has 0 radical (unpaired) electrons. The minimum absolute atomic E-state index is 0.173. The second-order valence-corrected chi connectivity index (χ2v) is 5.05. The van der Waals surface area contributed by atoms with Crippen molar-refractivity contribution in [1.82, 2.24) is 20.5 Å². The molecule has 1 amide bonds. The van der Waals surface area contributed by atoms with Gasteiger partial charge in [-0.3, -0.25) is 9.89 Å². The van der Waals surface area contributed by atoms with Gasteiger partial charge in [-0.2, -0.15) is 0 Å². The van der Waals surface area contributed by atoms with Gasteiger partial charge >= 0.3 is 0 Å². The molecule has 1 aromatic rings. The molecule has 1 aliphatic carbocycles. The molecular formula is C12H20N4O. The van der Waals surface area contributed by atoms with E-state index in [1.807, 2.05) is 0 Å². The Kier molecular flexibility index (Phi) is 3.45. The summed E-state index contributed by atoms with van der Waals surface area (Å²) in [6.07, 6.45) is 3.23. The number of aromatic amines is 1. The third kappa shape index (κ3) is 2.84. The fourth-order valence-corrected chi connectivity index (χ4v) is 1.89. The molecule has 1 heterocycles. The van der Waals surface area contributed by atoms with Crippen LogP contribution in [0, 0.1) is 5.92 Å². The normalized spacial score (nSPS) is 17.2. The molecule has 0 spiro atoms. The predicted molar refractivity (Wildman–Crippen MR) is 64.7 cm³/mol. The average molecular weight is 236 g/mol. The molecule has 1 atom stereocenters. The number of carbonyl (C=O) groups excluding carboxylic acids is 1. The van der Waals surface area contributed by atoms with Gasteiger partial charge in [-0.05, 0) is 25.2 Å². The number of H-pyrrole nitrogens is 1. The van der Waals surface area contributed by atoms with E-state index in [0.717, 1.165) is 25.1 Å². The summed E-state index contributed by atoms with van der Waals surface area (Å²) in [5, 5.41) is 9.79. The Bertz CT molecular complexity index is 395. The Hall–Kier alpha value is -1.39. The summed E-state index contributed by atoms with van der Waals surface area (Å²) < 4.78 is 0. The van der Waals surface area contributed by atoms with Crippen molar-refractivity contribution in [1.29, 1.82) is 0 Å². The van der Waals surface area contributed by atoms with Gasteiger partial charge in [0.1, 0.15) is 5.82 Å². The Morgan fingerprint density at radius 2 is 2.24 bits per heavy atom. The van der Waals surface area contributed by atoms with Gasteiger partial charge in [0.15, 0.2) is 0 Å². The van der Waals surface area contributed by atoms with Crippen LogP contribution in [0.2, 0.25) is 0 Å². The fourth-order valence-electron chi connectivity index (χ4n) is 1.89. The first kappa shape index (κ1) is 12.1. The maximum Gasteiger partial charge on any atom is 0.291 e. The number of carbonyl (C=O) groups is 1. The van der Waals surface area contributed by atoms with Gasteiger partial charge in [0.25, 0.3) is 5.91 Å². The lowest BCUT2D eigenvalue weighted by Crippen LogP contribution is -2.38. The van der Waals surface area contributed by atoms with Crippen LogP contribution in [0.5, 0.6) is 0 Å². The Balaban J connectivity index is 1.98. The molecule has 0 saturated heterocycles. The summed E-state index contributed by atoms with van der Waals surface area (Å²) in [7, 11) is 0. The molecule has 1 aliphatic rings. The Morgan fingerprint density at radius 3 is 2.76 bits per heavy atom. The number of hydrogen-bond donors (Lipinski definition) is 2. The molecule has 17 heavy (non-hydrogen) atoms. The third-order valence-electron chi connectivity index (χ3n) is 3.23. The highest BCUT2D eigenvalue weighted by Crippen LogP contribution is 2.37. The van der Waals surface area contributed by atoms with Crippen molar-refractivity contribution in [3.8, 4) is 0 Å². The van der Waals surface area contributed by atoms with E-state index in [2.05, 4.69) is 41.3 Å². The van der Waals surface area contributed by atoms with Crippen LogP contribution in [0.3, 0.4) is 0 Å². The van der Waals surface area contributed by atoms with Gasteiger partial charge < -0.3 is 5.32 Å². The van der Waals surface area contributed by atoms with Crippen LogP contribution in [0.15, 0.2) is 0 Å². The summed E-state index contributed by atoms with van der Waals surface area (Å²) in [6, 6.07) is 0.186. The maximum absolute atomic E-state index is 11.9. The highest BCUT2D eigenvalue weighted by atomic mass is 16.2. The smallest absolute Gasteiger partial charge is 0.291 e. The van der Waals surface area contributed by atoms with E-state index in [1.165, 1.54) is 0 Å². The van der Waals surface area contributed by atoms with Gasteiger partial charge in [0.2, 0.25) is 5.82 Å². The maximum atomic E-state index is 11.9. The van der Waals surface area contributed by atoms with Crippen LogP contribution in [0.25, 0.3) is 0 Å². The zero-order valence-electron chi connectivity index (χ0n) is 10.7. The van der Waals surface area contributed by atoms with Crippen molar-refractivity contribution in [3.63, 3.8) is 0 Å². The van der Waals surface area contributed by atoms with Crippen molar-refractivity contribution in [2.45, 2.75) is 52.0 Å². The minimum Gasteiger partial charge on any atom is -0.346 e. The largest absolute Gasteiger partial charge is 0.346 e. The number of hydrogen-bond acceptors (Lipinski definition) is 3. The Morgan fingerprint density at radius 1 is 1.53 bits per heavy atom. The predicted octanol–water partition coefficient (Wildman–Crippen LogP) is 1.85. The van der Waals surface area contributed by atoms with E-state index in [-0.39, 0.29) is 17.8 Å². The van der Waals surface area contributed by atoms with E-state index in [4.69, 9.17) is 0 Å². The third-order valence-corrected chi connectivity index (χ3v) is 3.23. The number of nitrogens with one attached hydrogen (secondary N) is 2. The quantitative estimate of drug-likeness (QED) is 0.819. The van der Waals surface area contributed by atoms with Crippen LogP contribution in [0.1, 0.15) is 62.4 Å². The van der Waals surface area contributed by atoms with E-state index in [0.29, 0.717) is 11.8 Å². The van der Waals surface area contributed by atoms with Crippen molar-refractivity contribution in [2.24, 2.45) is 5.92 Å². The summed E-state index contributed by atoms with van der Waals surface area (Å²) in [6.45, 7) is 6.27. The molecule has 1 saturated carbocycles. The van der Waals surface area contributed by atoms with Gasteiger partial charge in [-0.25, -0.2) is 4.98 Å². The van der Waals surface area contributed by atoms with E-state index in [9.17, 15) is 4.79 Å². The first-order chi connectivity index (χ1) is 8.11. The molecule has 2 rings (SSSR count). The summed E-state index contributed by atoms with van der Waals surface area (Å²) in [4.78, 5) is 16.2. The number of rotatable bonds is 5. The van der Waals surface area contributed by atoms with Crippen molar-refractivity contribution in [2.75, 3.05) is 0 Å². The molecule has 1 aromatic heterocycles. The van der Waals surface area contributed by atoms with Crippen molar-refractivity contribution < 1.29 is 4.79 Å². The van der Waals surface area contributed by atoms with Gasteiger partial charge in [0.05, 0.1) is 0 Å². The number of aromatic nitrogens is 3. The lowest BCUT2D eigenvalue weighted by atomic mass is 10.0. The molecule has 1 fully saturated rings. The van der Waals surface area contributed by atoms with Crippen LogP contribution in [-0.4, -0.2) is 27.1 Å². The van der Waals surface area contributed by atoms with E-state index < -0.39 is 0 Å². The van der Waals surface area contributed by atoms with Crippen LogP contribution in [-0.2, 0) is 0 Å². The van der Waals surface area contributed by atoms with Crippen LogP contribution in [0.4, 0.5) is 0 Å². The number of amides is 1. The first-order valence-electron chi connectivity index (χ1n) is 6.35. The molecule has 1 unspecified atom stereocenters. The average Bonchev–Trinajstić information content (AvgIpc) is 3.03. The number of nitrogens with zero attached hydrogens (tertiary/aromatic N) is 2. The second kappa shape index (κ2) is 4.85. The van der Waals surface area contributed by atoms with Gasteiger partial charge in [0, 0.05) is 12.0 Å².